The largest absolute Gasteiger partial charge is 0.369 e. The zero-order valence-electron chi connectivity index (χ0n) is 8.74. The highest BCUT2D eigenvalue weighted by Gasteiger charge is 2.18. The Morgan fingerprint density at radius 2 is 2.43 bits per heavy atom. The van der Waals surface area contributed by atoms with Gasteiger partial charge in [0.25, 0.3) is 0 Å². The molecule has 0 bridgehead atoms. The van der Waals surface area contributed by atoms with Crippen LogP contribution in [0.25, 0.3) is 0 Å². The molecule has 1 aliphatic heterocycles. The van der Waals surface area contributed by atoms with Gasteiger partial charge in [0.1, 0.15) is 0 Å². The Labute approximate surface area is 84.7 Å². The highest BCUT2D eigenvalue weighted by molar-refractivity contribution is 5.51. The van der Waals surface area contributed by atoms with Crippen molar-refractivity contribution < 1.29 is 0 Å². The fourth-order valence-corrected chi connectivity index (χ4v) is 2.04. The Bertz CT molecular complexity index is 305. The molecule has 1 aromatic heterocycles. The van der Waals surface area contributed by atoms with Gasteiger partial charge in [-0.15, -0.1) is 0 Å². The predicted molar refractivity (Wildman–Crippen MR) is 57.4 cm³/mol. The number of hydrogen-bond acceptors (Lipinski definition) is 3. The maximum absolute atomic E-state index is 5.52. The molecule has 2 N–H and O–H groups in total. The molecule has 4 nitrogen and oxygen atoms in total. The second-order valence-corrected chi connectivity index (χ2v) is 3.87. The molecular weight excluding hydrogens is 176 g/mol. The SMILES string of the molecule is Cn1cc2c(n1)CCCN2CCCN. The molecule has 4 heteroatoms. The highest BCUT2D eigenvalue weighted by Crippen LogP contribution is 2.25. The van der Waals surface area contributed by atoms with Crippen LogP contribution in [0, 0.1) is 0 Å². The van der Waals surface area contributed by atoms with Crippen LogP contribution >= 0.6 is 0 Å². The number of anilines is 1. The van der Waals surface area contributed by atoms with Gasteiger partial charge in [0.05, 0.1) is 11.4 Å². The topological polar surface area (TPSA) is 47.1 Å². The van der Waals surface area contributed by atoms with Gasteiger partial charge in [-0.2, -0.15) is 5.10 Å². The minimum Gasteiger partial charge on any atom is -0.369 e. The maximum atomic E-state index is 5.52. The number of aryl methyl sites for hydroxylation is 2. The van der Waals surface area contributed by atoms with Crippen molar-refractivity contribution in [3.63, 3.8) is 0 Å². The van der Waals surface area contributed by atoms with Crippen LogP contribution in [-0.4, -0.2) is 29.4 Å². The van der Waals surface area contributed by atoms with E-state index in [1.54, 1.807) is 0 Å². The average Bonchev–Trinajstić information content (AvgIpc) is 2.55. The van der Waals surface area contributed by atoms with Crippen molar-refractivity contribution in [2.75, 3.05) is 24.5 Å². The zero-order valence-corrected chi connectivity index (χ0v) is 8.74. The van der Waals surface area contributed by atoms with Gasteiger partial charge < -0.3 is 10.6 Å². The van der Waals surface area contributed by atoms with Crippen molar-refractivity contribution >= 4 is 5.69 Å². The minimum absolute atomic E-state index is 0.770. The van der Waals surface area contributed by atoms with Gasteiger partial charge in [-0.3, -0.25) is 4.68 Å². The van der Waals surface area contributed by atoms with E-state index in [1.165, 1.54) is 17.8 Å². The molecule has 0 radical (unpaired) electrons. The second kappa shape index (κ2) is 4.00. The van der Waals surface area contributed by atoms with Crippen molar-refractivity contribution in [3.05, 3.63) is 11.9 Å². The molecule has 0 aliphatic carbocycles. The lowest BCUT2D eigenvalue weighted by molar-refractivity contribution is 0.656. The van der Waals surface area contributed by atoms with Crippen LogP contribution in [0.1, 0.15) is 18.5 Å². The van der Waals surface area contributed by atoms with Crippen molar-refractivity contribution in [3.8, 4) is 0 Å². The Balaban J connectivity index is 2.13. The van der Waals surface area contributed by atoms with Crippen LogP contribution in [0.3, 0.4) is 0 Å². The molecule has 0 saturated carbocycles. The van der Waals surface area contributed by atoms with E-state index in [-0.39, 0.29) is 0 Å². The molecule has 78 valence electrons. The summed E-state index contributed by atoms with van der Waals surface area (Å²) in [5.74, 6) is 0. The van der Waals surface area contributed by atoms with Crippen LogP contribution in [0.5, 0.6) is 0 Å². The van der Waals surface area contributed by atoms with Gasteiger partial charge in [0.2, 0.25) is 0 Å². The monoisotopic (exact) mass is 194 g/mol. The summed E-state index contributed by atoms with van der Waals surface area (Å²) in [6.45, 7) is 2.99. The summed E-state index contributed by atoms with van der Waals surface area (Å²) in [6, 6.07) is 0. The van der Waals surface area contributed by atoms with Crippen LogP contribution in [0.4, 0.5) is 5.69 Å². The molecule has 0 aromatic carbocycles. The first-order valence-corrected chi connectivity index (χ1v) is 5.29. The third kappa shape index (κ3) is 1.75. The van der Waals surface area contributed by atoms with E-state index in [0.717, 1.165) is 32.5 Å². The van der Waals surface area contributed by atoms with Gasteiger partial charge in [0, 0.05) is 26.3 Å². The fourth-order valence-electron chi connectivity index (χ4n) is 2.04. The normalized spacial score (nSPS) is 15.7. The average molecular weight is 194 g/mol. The van der Waals surface area contributed by atoms with Gasteiger partial charge in [-0.1, -0.05) is 0 Å². The van der Waals surface area contributed by atoms with Crippen LogP contribution < -0.4 is 10.6 Å². The summed E-state index contributed by atoms with van der Waals surface area (Å²) in [5, 5.41) is 4.45. The summed E-state index contributed by atoms with van der Waals surface area (Å²) in [5.41, 5.74) is 8.08. The Kier molecular flexibility index (Phi) is 2.72. The molecule has 2 heterocycles. The third-order valence-corrected chi connectivity index (χ3v) is 2.70. The molecule has 0 saturated heterocycles. The van der Waals surface area contributed by atoms with Gasteiger partial charge in [0.15, 0.2) is 0 Å². The quantitative estimate of drug-likeness (QED) is 0.763. The second-order valence-electron chi connectivity index (χ2n) is 3.87. The first-order chi connectivity index (χ1) is 6.81. The van der Waals surface area contributed by atoms with E-state index in [2.05, 4.69) is 16.2 Å². The Morgan fingerprint density at radius 1 is 1.57 bits per heavy atom. The number of aromatic nitrogens is 2. The lowest BCUT2D eigenvalue weighted by Crippen LogP contribution is -2.30. The lowest BCUT2D eigenvalue weighted by Gasteiger charge is -2.27. The summed E-state index contributed by atoms with van der Waals surface area (Å²) >= 11 is 0. The number of fused-ring (bicyclic) bond motifs is 1. The molecule has 1 aromatic rings. The molecule has 2 rings (SSSR count). The van der Waals surface area contributed by atoms with E-state index in [0.29, 0.717) is 0 Å². The van der Waals surface area contributed by atoms with E-state index < -0.39 is 0 Å². The van der Waals surface area contributed by atoms with Crippen LogP contribution in [0.2, 0.25) is 0 Å². The van der Waals surface area contributed by atoms with Crippen molar-refractivity contribution in [1.82, 2.24) is 9.78 Å². The minimum atomic E-state index is 0.770. The standard InChI is InChI=1S/C10H18N4/c1-13-8-10-9(12-13)4-2-6-14(10)7-3-5-11/h8H,2-7,11H2,1H3. The van der Waals surface area contributed by atoms with Gasteiger partial charge in [-0.05, 0) is 25.8 Å². The number of nitrogens with zero attached hydrogens (tertiary/aromatic N) is 3. The molecule has 0 unspecified atom stereocenters. The number of nitrogens with two attached hydrogens (primary N) is 1. The fraction of sp³-hybridized carbons (Fsp3) is 0.700. The highest BCUT2D eigenvalue weighted by atomic mass is 15.3. The van der Waals surface area contributed by atoms with Crippen LogP contribution in [0.15, 0.2) is 6.20 Å². The van der Waals surface area contributed by atoms with E-state index in [9.17, 15) is 0 Å². The Hall–Kier alpha value is -1.03. The maximum Gasteiger partial charge on any atom is 0.0858 e. The van der Waals surface area contributed by atoms with E-state index >= 15 is 0 Å². The summed E-state index contributed by atoms with van der Waals surface area (Å²) in [7, 11) is 1.99. The molecule has 14 heavy (non-hydrogen) atoms. The molecular formula is C10H18N4. The predicted octanol–water partition coefficient (Wildman–Crippen LogP) is 0.522. The summed E-state index contributed by atoms with van der Waals surface area (Å²) < 4.78 is 1.91. The lowest BCUT2D eigenvalue weighted by atomic mass is 10.1. The van der Waals surface area contributed by atoms with E-state index in [1.807, 2.05) is 11.7 Å². The number of rotatable bonds is 3. The van der Waals surface area contributed by atoms with Crippen molar-refractivity contribution in [2.24, 2.45) is 12.8 Å². The number of hydrogen-bond donors (Lipinski definition) is 1. The molecule has 0 amide bonds. The first-order valence-electron chi connectivity index (χ1n) is 5.29. The Morgan fingerprint density at radius 3 is 3.21 bits per heavy atom. The molecule has 0 atom stereocenters. The van der Waals surface area contributed by atoms with Gasteiger partial charge in [-0.25, -0.2) is 0 Å². The van der Waals surface area contributed by atoms with Gasteiger partial charge >= 0.3 is 0 Å². The van der Waals surface area contributed by atoms with Crippen molar-refractivity contribution in [1.29, 1.82) is 0 Å². The molecule has 1 aliphatic rings. The molecule has 0 fully saturated rings. The summed E-state index contributed by atoms with van der Waals surface area (Å²) in [4.78, 5) is 2.40. The smallest absolute Gasteiger partial charge is 0.0858 e. The van der Waals surface area contributed by atoms with Crippen LogP contribution in [-0.2, 0) is 13.5 Å². The third-order valence-electron chi connectivity index (χ3n) is 2.70. The molecule has 0 spiro atoms. The van der Waals surface area contributed by atoms with E-state index in [4.69, 9.17) is 5.73 Å². The summed E-state index contributed by atoms with van der Waals surface area (Å²) in [6.07, 6.45) is 5.52. The first kappa shape index (κ1) is 9.52. The van der Waals surface area contributed by atoms with Crippen molar-refractivity contribution in [2.45, 2.75) is 19.3 Å². The zero-order chi connectivity index (χ0) is 9.97.